The zero-order valence-corrected chi connectivity index (χ0v) is 10.5. The van der Waals surface area contributed by atoms with Crippen LogP contribution in [0.3, 0.4) is 0 Å². The Bertz CT molecular complexity index is 470. The second-order valence-electron chi connectivity index (χ2n) is 3.32. The molecule has 1 aromatic carbocycles. The molecule has 3 nitrogen and oxygen atoms in total. The fourth-order valence-corrected chi connectivity index (χ4v) is 2.36. The third-order valence-corrected chi connectivity index (χ3v) is 3.30. The van der Waals surface area contributed by atoms with Gasteiger partial charge in [-0.05, 0) is 12.5 Å². The van der Waals surface area contributed by atoms with E-state index in [1.165, 1.54) is 11.3 Å². The molecule has 1 N–H and O–H groups in total. The van der Waals surface area contributed by atoms with E-state index in [2.05, 4.69) is 22.4 Å². The molecule has 1 heterocycles. The average molecular weight is 254 g/mol. The van der Waals surface area contributed by atoms with Gasteiger partial charge in [-0.2, -0.15) is 0 Å². The lowest BCUT2D eigenvalue weighted by Crippen LogP contribution is -1.98. The molecule has 0 radical (unpaired) electrons. The van der Waals surface area contributed by atoms with Crippen LogP contribution in [-0.4, -0.2) is 16.7 Å². The molecule has 0 aliphatic rings. The van der Waals surface area contributed by atoms with Crippen molar-refractivity contribution in [1.82, 2.24) is 10.2 Å². The predicted octanol–water partition coefficient (Wildman–Crippen LogP) is 3.68. The van der Waals surface area contributed by atoms with Gasteiger partial charge in [0.25, 0.3) is 0 Å². The normalized spacial score (nSPS) is 10.4. The van der Waals surface area contributed by atoms with Gasteiger partial charge in [0.05, 0.1) is 5.02 Å². The number of nitrogens with one attached hydrogen (secondary N) is 1. The molecule has 0 aliphatic heterocycles. The molecule has 0 saturated heterocycles. The number of hydrogen-bond donors (Lipinski definition) is 1. The molecule has 0 fully saturated rings. The highest BCUT2D eigenvalue weighted by Gasteiger charge is 2.08. The minimum atomic E-state index is 0.709. The quantitative estimate of drug-likeness (QED) is 0.903. The zero-order valence-electron chi connectivity index (χ0n) is 8.90. The van der Waals surface area contributed by atoms with E-state index in [-0.39, 0.29) is 0 Å². The van der Waals surface area contributed by atoms with Crippen LogP contribution in [0.1, 0.15) is 13.3 Å². The molecule has 0 atom stereocenters. The van der Waals surface area contributed by atoms with Crippen LogP contribution in [0.25, 0.3) is 10.6 Å². The first-order valence-corrected chi connectivity index (χ1v) is 6.33. The number of anilines is 1. The lowest BCUT2D eigenvalue weighted by atomic mass is 10.2. The molecule has 5 heteroatoms. The summed E-state index contributed by atoms with van der Waals surface area (Å²) in [6, 6.07) is 7.66. The van der Waals surface area contributed by atoms with Gasteiger partial charge in [0.1, 0.15) is 0 Å². The van der Waals surface area contributed by atoms with Crippen molar-refractivity contribution in [2.24, 2.45) is 0 Å². The fourth-order valence-electron chi connectivity index (χ4n) is 1.27. The monoisotopic (exact) mass is 253 g/mol. The lowest BCUT2D eigenvalue weighted by molar-refractivity contribution is 0.964. The summed E-state index contributed by atoms with van der Waals surface area (Å²) in [5, 5.41) is 13.8. The smallest absolute Gasteiger partial charge is 0.206 e. The Hall–Kier alpha value is -1.13. The van der Waals surface area contributed by atoms with E-state index >= 15 is 0 Å². The third kappa shape index (κ3) is 2.51. The molecule has 0 spiro atoms. The lowest BCUT2D eigenvalue weighted by Gasteiger charge is -1.97. The van der Waals surface area contributed by atoms with E-state index in [1.807, 2.05) is 24.3 Å². The Morgan fingerprint density at radius 1 is 1.31 bits per heavy atom. The van der Waals surface area contributed by atoms with Gasteiger partial charge in [0.15, 0.2) is 5.01 Å². The van der Waals surface area contributed by atoms with Crippen molar-refractivity contribution in [2.45, 2.75) is 13.3 Å². The summed E-state index contributed by atoms with van der Waals surface area (Å²) in [7, 11) is 0. The molecular weight excluding hydrogens is 242 g/mol. The van der Waals surface area contributed by atoms with Crippen molar-refractivity contribution in [2.75, 3.05) is 11.9 Å². The van der Waals surface area contributed by atoms with Crippen molar-refractivity contribution in [3.63, 3.8) is 0 Å². The van der Waals surface area contributed by atoms with Crippen LogP contribution < -0.4 is 5.32 Å². The zero-order chi connectivity index (χ0) is 11.4. The maximum Gasteiger partial charge on any atom is 0.206 e. The van der Waals surface area contributed by atoms with Crippen LogP contribution >= 0.6 is 22.9 Å². The molecule has 16 heavy (non-hydrogen) atoms. The van der Waals surface area contributed by atoms with Crippen LogP contribution in [0.4, 0.5) is 5.13 Å². The number of halogens is 1. The van der Waals surface area contributed by atoms with E-state index < -0.39 is 0 Å². The van der Waals surface area contributed by atoms with Crippen LogP contribution in [0.15, 0.2) is 24.3 Å². The molecule has 0 saturated carbocycles. The molecule has 1 aromatic heterocycles. The number of hydrogen-bond acceptors (Lipinski definition) is 4. The van der Waals surface area contributed by atoms with Crippen LogP contribution in [0.5, 0.6) is 0 Å². The van der Waals surface area contributed by atoms with Crippen LogP contribution in [0, 0.1) is 0 Å². The highest BCUT2D eigenvalue weighted by molar-refractivity contribution is 7.18. The SMILES string of the molecule is CCCNc1nnc(-c2ccccc2Cl)s1. The number of aromatic nitrogens is 2. The molecule has 84 valence electrons. The fraction of sp³-hybridized carbons (Fsp3) is 0.273. The maximum absolute atomic E-state index is 6.09. The van der Waals surface area contributed by atoms with Crippen molar-refractivity contribution < 1.29 is 0 Å². The topological polar surface area (TPSA) is 37.8 Å². The van der Waals surface area contributed by atoms with E-state index in [9.17, 15) is 0 Å². The molecule has 2 rings (SSSR count). The summed E-state index contributed by atoms with van der Waals surface area (Å²) >= 11 is 7.61. The van der Waals surface area contributed by atoms with Gasteiger partial charge in [-0.1, -0.05) is 48.1 Å². The number of rotatable bonds is 4. The first-order valence-electron chi connectivity index (χ1n) is 5.13. The standard InChI is InChI=1S/C11H12ClN3S/c1-2-7-13-11-15-14-10(16-11)8-5-3-4-6-9(8)12/h3-6H,2,7H2,1H3,(H,13,15). The van der Waals surface area contributed by atoms with Gasteiger partial charge >= 0.3 is 0 Å². The average Bonchev–Trinajstić information content (AvgIpc) is 2.75. The Kier molecular flexibility index (Phi) is 3.74. The van der Waals surface area contributed by atoms with Crippen LogP contribution in [0.2, 0.25) is 5.02 Å². The van der Waals surface area contributed by atoms with Crippen molar-refractivity contribution in [3.05, 3.63) is 29.3 Å². The minimum absolute atomic E-state index is 0.709. The van der Waals surface area contributed by atoms with Gasteiger partial charge in [0, 0.05) is 12.1 Å². The maximum atomic E-state index is 6.09. The van der Waals surface area contributed by atoms with Gasteiger partial charge in [-0.15, -0.1) is 10.2 Å². The summed E-state index contributed by atoms with van der Waals surface area (Å²) in [6.07, 6.45) is 1.07. The van der Waals surface area contributed by atoms with Crippen LogP contribution in [-0.2, 0) is 0 Å². The van der Waals surface area contributed by atoms with Gasteiger partial charge in [-0.3, -0.25) is 0 Å². The Labute approximate surface area is 103 Å². The number of nitrogens with zero attached hydrogens (tertiary/aromatic N) is 2. The van der Waals surface area contributed by atoms with E-state index in [0.717, 1.165) is 28.7 Å². The summed E-state index contributed by atoms with van der Waals surface area (Å²) in [6.45, 7) is 3.03. The second-order valence-corrected chi connectivity index (χ2v) is 4.70. The molecule has 0 amide bonds. The summed E-state index contributed by atoms with van der Waals surface area (Å²) < 4.78 is 0. The van der Waals surface area contributed by atoms with Crippen molar-refractivity contribution in [1.29, 1.82) is 0 Å². The van der Waals surface area contributed by atoms with Crippen molar-refractivity contribution in [3.8, 4) is 10.6 Å². The Balaban J connectivity index is 2.22. The highest BCUT2D eigenvalue weighted by Crippen LogP contribution is 2.31. The summed E-state index contributed by atoms with van der Waals surface area (Å²) in [5.41, 5.74) is 0.936. The predicted molar refractivity (Wildman–Crippen MR) is 69.1 cm³/mol. The first-order chi connectivity index (χ1) is 7.81. The third-order valence-electron chi connectivity index (χ3n) is 2.06. The second kappa shape index (κ2) is 5.27. The van der Waals surface area contributed by atoms with Gasteiger partial charge in [0.2, 0.25) is 5.13 Å². The van der Waals surface area contributed by atoms with E-state index in [1.54, 1.807) is 0 Å². The molecule has 0 aliphatic carbocycles. The molecular formula is C11H12ClN3S. The highest BCUT2D eigenvalue weighted by atomic mass is 35.5. The number of benzene rings is 1. The van der Waals surface area contributed by atoms with Crippen molar-refractivity contribution >= 4 is 28.1 Å². The molecule has 0 unspecified atom stereocenters. The summed E-state index contributed by atoms with van der Waals surface area (Å²) in [4.78, 5) is 0. The molecule has 0 bridgehead atoms. The van der Waals surface area contributed by atoms with Gasteiger partial charge < -0.3 is 5.32 Å². The Morgan fingerprint density at radius 3 is 2.88 bits per heavy atom. The van der Waals surface area contributed by atoms with E-state index in [0.29, 0.717) is 5.02 Å². The largest absolute Gasteiger partial charge is 0.360 e. The first kappa shape index (κ1) is 11.4. The van der Waals surface area contributed by atoms with E-state index in [4.69, 9.17) is 11.6 Å². The minimum Gasteiger partial charge on any atom is -0.360 e. The van der Waals surface area contributed by atoms with Gasteiger partial charge in [-0.25, -0.2) is 0 Å². The molecule has 2 aromatic rings. The summed E-state index contributed by atoms with van der Waals surface area (Å²) in [5.74, 6) is 0. The Morgan fingerprint density at radius 2 is 2.12 bits per heavy atom.